The second-order valence-electron chi connectivity index (χ2n) is 6.26. The van der Waals surface area contributed by atoms with E-state index in [2.05, 4.69) is 20.8 Å². The highest BCUT2D eigenvalue weighted by atomic mass is 19.1. The van der Waals surface area contributed by atoms with Gasteiger partial charge in [-0.25, -0.2) is 4.39 Å². The highest BCUT2D eigenvalue weighted by molar-refractivity contribution is 4.90. The van der Waals surface area contributed by atoms with Crippen molar-refractivity contribution >= 4 is 0 Å². The summed E-state index contributed by atoms with van der Waals surface area (Å²) in [6.07, 6.45) is 2.76. The van der Waals surface area contributed by atoms with Gasteiger partial charge in [0.25, 0.3) is 0 Å². The zero-order valence-corrected chi connectivity index (χ0v) is 15.3. The first-order valence-electron chi connectivity index (χ1n) is 9.29. The van der Waals surface area contributed by atoms with Gasteiger partial charge in [-0.1, -0.05) is 40.0 Å². The molecule has 1 saturated heterocycles. The predicted molar refractivity (Wildman–Crippen MR) is 89.4 cm³/mol. The van der Waals surface area contributed by atoms with Gasteiger partial charge < -0.3 is 18.9 Å². The van der Waals surface area contributed by atoms with Gasteiger partial charge in [0.05, 0.1) is 6.10 Å². The molecule has 138 valence electrons. The molecule has 1 heterocycles. The van der Waals surface area contributed by atoms with Gasteiger partial charge in [0, 0.05) is 19.8 Å². The molecule has 1 rings (SSSR count). The minimum absolute atomic E-state index is 0.281. The van der Waals surface area contributed by atoms with Gasteiger partial charge in [-0.05, 0) is 26.2 Å². The molecule has 0 spiro atoms. The molecule has 4 nitrogen and oxygen atoms in total. The molecule has 0 amide bonds. The Kier molecular flexibility index (Phi) is 11.0. The molecule has 0 N–H and O–H groups in total. The van der Waals surface area contributed by atoms with E-state index in [1.165, 1.54) is 0 Å². The number of rotatable bonds is 12. The summed E-state index contributed by atoms with van der Waals surface area (Å²) in [5, 5.41) is 0. The van der Waals surface area contributed by atoms with E-state index < -0.39 is 18.6 Å². The topological polar surface area (TPSA) is 36.9 Å². The third-order valence-electron chi connectivity index (χ3n) is 4.14. The second kappa shape index (κ2) is 12.2. The lowest BCUT2D eigenvalue weighted by atomic mass is 9.99. The maximum atomic E-state index is 14.4. The minimum Gasteiger partial charge on any atom is -0.373 e. The van der Waals surface area contributed by atoms with Crippen LogP contribution in [0.25, 0.3) is 0 Å². The van der Waals surface area contributed by atoms with Gasteiger partial charge in [-0.3, -0.25) is 0 Å². The number of alkyl halides is 1. The summed E-state index contributed by atoms with van der Waals surface area (Å²) in [6, 6.07) is 0. The van der Waals surface area contributed by atoms with Crippen molar-refractivity contribution < 1.29 is 23.3 Å². The second-order valence-corrected chi connectivity index (χ2v) is 6.26. The van der Waals surface area contributed by atoms with Crippen molar-refractivity contribution in [2.45, 2.75) is 97.0 Å². The molecule has 0 aromatic rings. The fourth-order valence-corrected chi connectivity index (χ4v) is 2.64. The Labute approximate surface area is 141 Å². The first kappa shape index (κ1) is 20.8. The first-order chi connectivity index (χ1) is 11.2. The summed E-state index contributed by atoms with van der Waals surface area (Å²) in [7, 11) is 0. The molecular weight excluding hydrogens is 299 g/mol. The highest BCUT2D eigenvalue weighted by Gasteiger charge is 2.46. The van der Waals surface area contributed by atoms with E-state index in [1.54, 1.807) is 0 Å². The Hall–Kier alpha value is -0.230. The molecule has 23 heavy (non-hydrogen) atoms. The van der Waals surface area contributed by atoms with Crippen molar-refractivity contribution in [3.05, 3.63) is 0 Å². The molecule has 1 aliphatic rings. The quantitative estimate of drug-likeness (QED) is 0.500. The molecule has 0 saturated carbocycles. The number of unbranched alkanes of at least 4 members (excludes halogenated alkanes) is 3. The van der Waals surface area contributed by atoms with Crippen LogP contribution in [0.5, 0.6) is 0 Å². The Morgan fingerprint density at radius 1 is 0.739 bits per heavy atom. The fourth-order valence-electron chi connectivity index (χ4n) is 2.64. The van der Waals surface area contributed by atoms with Crippen molar-refractivity contribution in [1.82, 2.24) is 0 Å². The van der Waals surface area contributed by atoms with Gasteiger partial charge in [-0.2, -0.15) is 0 Å². The molecule has 5 atom stereocenters. The molecule has 1 aliphatic heterocycles. The van der Waals surface area contributed by atoms with Crippen molar-refractivity contribution in [1.29, 1.82) is 0 Å². The lowest BCUT2D eigenvalue weighted by molar-refractivity contribution is -0.283. The number of hydrogen-bond donors (Lipinski definition) is 0. The molecular formula is C18H35FO4. The third kappa shape index (κ3) is 7.04. The fraction of sp³-hybridized carbons (Fsp3) is 1.00. The van der Waals surface area contributed by atoms with E-state index in [4.69, 9.17) is 18.9 Å². The zero-order chi connectivity index (χ0) is 17.1. The maximum absolute atomic E-state index is 14.4. The largest absolute Gasteiger partial charge is 0.373 e. The summed E-state index contributed by atoms with van der Waals surface area (Å²) in [6.45, 7) is 9.92. The number of ether oxygens (including phenoxy) is 4. The average molecular weight is 334 g/mol. The Morgan fingerprint density at radius 3 is 1.65 bits per heavy atom. The van der Waals surface area contributed by atoms with Crippen LogP contribution in [0.3, 0.4) is 0 Å². The maximum Gasteiger partial charge on any atom is 0.228 e. The van der Waals surface area contributed by atoms with Crippen LogP contribution >= 0.6 is 0 Å². The van der Waals surface area contributed by atoms with Crippen molar-refractivity contribution in [2.75, 3.05) is 19.8 Å². The van der Waals surface area contributed by atoms with Crippen LogP contribution in [0, 0.1) is 0 Å². The zero-order valence-electron chi connectivity index (χ0n) is 15.3. The van der Waals surface area contributed by atoms with Crippen LogP contribution < -0.4 is 0 Å². The van der Waals surface area contributed by atoms with Gasteiger partial charge in [-0.15, -0.1) is 0 Å². The van der Waals surface area contributed by atoms with Gasteiger partial charge in [0.15, 0.2) is 0 Å². The molecule has 0 aromatic carbocycles. The summed E-state index contributed by atoms with van der Waals surface area (Å²) in [4.78, 5) is 0. The Morgan fingerprint density at radius 2 is 1.17 bits per heavy atom. The summed E-state index contributed by atoms with van der Waals surface area (Å²) in [5.74, 6) is 0. The van der Waals surface area contributed by atoms with E-state index in [-0.39, 0.29) is 12.2 Å². The number of halogens is 1. The van der Waals surface area contributed by atoms with Gasteiger partial charge in [0.2, 0.25) is 6.36 Å². The molecule has 0 aromatic heterocycles. The lowest BCUT2D eigenvalue weighted by Gasteiger charge is -2.42. The minimum atomic E-state index is -1.46. The predicted octanol–water partition coefficient (Wildman–Crippen LogP) is 4.26. The van der Waals surface area contributed by atoms with E-state index in [0.29, 0.717) is 19.8 Å². The van der Waals surface area contributed by atoms with Crippen molar-refractivity contribution in [3.8, 4) is 0 Å². The Balaban J connectivity index is 2.71. The summed E-state index contributed by atoms with van der Waals surface area (Å²) in [5.41, 5.74) is 0. The molecule has 1 fully saturated rings. The third-order valence-corrected chi connectivity index (χ3v) is 4.14. The molecule has 0 radical (unpaired) electrons. The molecule has 0 aliphatic carbocycles. The summed E-state index contributed by atoms with van der Waals surface area (Å²) >= 11 is 0. The van der Waals surface area contributed by atoms with Gasteiger partial charge in [0.1, 0.15) is 18.3 Å². The van der Waals surface area contributed by atoms with Crippen molar-refractivity contribution in [2.24, 2.45) is 0 Å². The van der Waals surface area contributed by atoms with Crippen molar-refractivity contribution in [3.63, 3.8) is 0 Å². The number of hydrogen-bond acceptors (Lipinski definition) is 4. The van der Waals surface area contributed by atoms with Crippen LogP contribution in [0.4, 0.5) is 4.39 Å². The highest BCUT2D eigenvalue weighted by Crippen LogP contribution is 2.29. The van der Waals surface area contributed by atoms with Crippen LogP contribution in [-0.4, -0.2) is 50.6 Å². The normalized spacial score (nSPS) is 31.4. The molecule has 0 bridgehead atoms. The van der Waals surface area contributed by atoms with Crippen LogP contribution in [0.15, 0.2) is 0 Å². The smallest absolute Gasteiger partial charge is 0.228 e. The van der Waals surface area contributed by atoms with Crippen LogP contribution in [0.2, 0.25) is 0 Å². The molecule has 5 heteroatoms. The average Bonchev–Trinajstić information content (AvgIpc) is 2.53. The van der Waals surface area contributed by atoms with Crippen LogP contribution in [0.1, 0.15) is 66.2 Å². The van der Waals surface area contributed by atoms with E-state index in [1.807, 2.05) is 6.92 Å². The Bertz CT molecular complexity index is 268. The van der Waals surface area contributed by atoms with Gasteiger partial charge >= 0.3 is 0 Å². The van der Waals surface area contributed by atoms with E-state index >= 15 is 0 Å². The lowest BCUT2D eigenvalue weighted by Crippen LogP contribution is -2.58. The molecule has 3 unspecified atom stereocenters. The summed E-state index contributed by atoms with van der Waals surface area (Å²) < 4.78 is 37.5. The van der Waals surface area contributed by atoms with E-state index in [9.17, 15) is 4.39 Å². The SMILES string of the molecule is CCCCOC1C(OCCCC)[C@H](F)OC(C)[C@@H]1OCCCC. The first-order valence-corrected chi connectivity index (χ1v) is 9.29. The van der Waals surface area contributed by atoms with Crippen LogP contribution in [-0.2, 0) is 18.9 Å². The monoisotopic (exact) mass is 334 g/mol. The standard InChI is InChI=1S/C18H35FO4/c1-5-8-11-20-15-14(4)23-18(19)17(22-13-10-7-3)16(15)21-12-9-6-2/h14-18H,5-13H2,1-4H3/t14?,15-,16?,17?,18+/m0/s1. The van der Waals surface area contributed by atoms with E-state index in [0.717, 1.165) is 38.5 Å².